The molecule has 0 aromatic rings. The lowest BCUT2D eigenvalue weighted by atomic mass is 10.3. The number of rotatable bonds is 3. The number of nitrogens with zero attached hydrogens (tertiary/aromatic N) is 2. The number of nitriles is 2. The van der Waals surface area contributed by atoms with Crippen LogP contribution in [0.4, 0.5) is 0 Å². The summed E-state index contributed by atoms with van der Waals surface area (Å²) in [5.74, 6) is 0. The quantitative estimate of drug-likeness (QED) is 0.372. The van der Waals surface area contributed by atoms with Gasteiger partial charge in [0.15, 0.2) is 5.57 Å². The zero-order valence-corrected chi connectivity index (χ0v) is 6.73. The van der Waals surface area contributed by atoms with Crippen molar-refractivity contribution >= 4 is 12.6 Å². The number of allylic oxidation sites excluding steroid dienone is 1. The minimum absolute atomic E-state index is 0.0183. The van der Waals surface area contributed by atoms with E-state index in [0.717, 1.165) is 0 Å². The maximum absolute atomic E-state index is 8.35. The summed E-state index contributed by atoms with van der Waals surface area (Å²) < 4.78 is 0. The molecule has 0 amide bonds. The molecule has 0 radical (unpaired) electrons. The van der Waals surface area contributed by atoms with Gasteiger partial charge in [0, 0.05) is 6.54 Å². The predicted octanol–water partition coefficient (Wildman–Crippen LogP) is 0.951. The fourth-order valence-electron chi connectivity index (χ4n) is 0.388. The number of hydrogen-bond donors (Lipinski definition) is 2. The van der Waals surface area contributed by atoms with Gasteiger partial charge in [0.2, 0.25) is 0 Å². The first-order valence-corrected chi connectivity index (χ1v) is 3.29. The van der Waals surface area contributed by atoms with E-state index in [-0.39, 0.29) is 10.6 Å². The van der Waals surface area contributed by atoms with Crippen LogP contribution in [0.25, 0.3) is 0 Å². The Morgan fingerprint density at radius 1 is 1.55 bits per heavy atom. The third-order valence-electron chi connectivity index (χ3n) is 0.874. The van der Waals surface area contributed by atoms with Gasteiger partial charge in [-0.25, -0.2) is 0 Å². The number of hydrogen-bond acceptors (Lipinski definition) is 4. The molecule has 0 fully saturated rings. The summed E-state index contributed by atoms with van der Waals surface area (Å²) in [7, 11) is 0. The Balaban J connectivity index is 4.30. The second-order valence-corrected chi connectivity index (χ2v) is 2.06. The van der Waals surface area contributed by atoms with Crippen LogP contribution in [0.2, 0.25) is 0 Å². The first-order chi connectivity index (χ1) is 5.26. The molecule has 0 bridgehead atoms. The van der Waals surface area contributed by atoms with Gasteiger partial charge in [-0.15, -0.1) is 19.2 Å². The maximum atomic E-state index is 8.35. The van der Waals surface area contributed by atoms with Crippen LogP contribution in [-0.4, -0.2) is 6.54 Å². The summed E-state index contributed by atoms with van der Waals surface area (Å²) in [6.07, 6.45) is 1.61. The van der Waals surface area contributed by atoms with Gasteiger partial charge in [-0.3, -0.25) is 0 Å². The molecule has 0 spiro atoms. The summed E-state index contributed by atoms with van der Waals surface area (Å²) in [5.41, 5.74) is -0.0183. The molecule has 0 saturated heterocycles. The van der Waals surface area contributed by atoms with E-state index in [2.05, 4.69) is 24.5 Å². The Labute approximate surface area is 71.0 Å². The van der Waals surface area contributed by atoms with Gasteiger partial charge in [0.25, 0.3) is 0 Å². The van der Waals surface area contributed by atoms with Gasteiger partial charge in [0.1, 0.15) is 12.1 Å². The van der Waals surface area contributed by atoms with Crippen molar-refractivity contribution in [3.63, 3.8) is 0 Å². The third kappa shape index (κ3) is 3.34. The number of thiol groups is 1. The lowest BCUT2D eigenvalue weighted by Crippen LogP contribution is -2.10. The van der Waals surface area contributed by atoms with Crippen molar-refractivity contribution < 1.29 is 0 Å². The largest absolute Gasteiger partial charge is 0.375 e. The van der Waals surface area contributed by atoms with Crippen LogP contribution in [0.15, 0.2) is 23.3 Å². The molecule has 4 heteroatoms. The average molecular weight is 165 g/mol. The Morgan fingerprint density at radius 2 is 2.09 bits per heavy atom. The molecule has 0 aromatic heterocycles. The number of nitrogens with one attached hydrogen (secondary N) is 1. The Kier molecular flexibility index (Phi) is 4.72. The van der Waals surface area contributed by atoms with Gasteiger partial charge in [-0.1, -0.05) is 6.08 Å². The highest BCUT2D eigenvalue weighted by Gasteiger charge is 1.98. The topological polar surface area (TPSA) is 59.6 Å². The average Bonchev–Trinajstić information content (AvgIpc) is 2.03. The maximum Gasteiger partial charge on any atom is 0.159 e. The van der Waals surface area contributed by atoms with Crippen LogP contribution >= 0.6 is 12.6 Å². The Morgan fingerprint density at radius 3 is 2.45 bits per heavy atom. The predicted molar refractivity (Wildman–Crippen MR) is 45.4 cm³/mol. The first kappa shape index (κ1) is 9.61. The molecular formula is C7H7N3S. The molecule has 0 rings (SSSR count). The summed E-state index contributed by atoms with van der Waals surface area (Å²) >= 11 is 3.89. The summed E-state index contributed by atoms with van der Waals surface area (Å²) in [5, 5.41) is 19.7. The van der Waals surface area contributed by atoms with Crippen LogP contribution in [0, 0.1) is 22.7 Å². The van der Waals surface area contributed by atoms with E-state index in [1.54, 1.807) is 18.2 Å². The monoisotopic (exact) mass is 165 g/mol. The van der Waals surface area contributed by atoms with Gasteiger partial charge in [-0.05, 0) is 0 Å². The molecular weight excluding hydrogens is 158 g/mol. The summed E-state index contributed by atoms with van der Waals surface area (Å²) in [6.45, 7) is 3.95. The molecule has 0 heterocycles. The highest BCUT2D eigenvalue weighted by atomic mass is 32.1. The van der Waals surface area contributed by atoms with Crippen LogP contribution in [-0.2, 0) is 0 Å². The van der Waals surface area contributed by atoms with Crippen molar-refractivity contribution in [2.75, 3.05) is 6.54 Å². The standard InChI is InChI=1S/C7H7N3S/c1-2-3-10-7(11)6(4-8)5-9/h2,10-11H,1,3H2. The SMILES string of the molecule is C=CCNC(S)=C(C#N)C#N. The van der Waals surface area contributed by atoms with E-state index in [9.17, 15) is 0 Å². The van der Waals surface area contributed by atoms with E-state index in [0.29, 0.717) is 6.54 Å². The molecule has 0 saturated carbocycles. The second-order valence-electron chi connectivity index (χ2n) is 1.62. The van der Waals surface area contributed by atoms with Crippen LogP contribution in [0.1, 0.15) is 0 Å². The molecule has 0 aliphatic rings. The van der Waals surface area contributed by atoms with Crippen molar-refractivity contribution in [3.8, 4) is 12.1 Å². The van der Waals surface area contributed by atoms with Gasteiger partial charge < -0.3 is 5.32 Å². The zero-order valence-electron chi connectivity index (χ0n) is 5.83. The minimum Gasteiger partial charge on any atom is -0.375 e. The Bertz CT molecular complexity index is 238. The van der Waals surface area contributed by atoms with Crippen molar-refractivity contribution in [3.05, 3.63) is 23.3 Å². The van der Waals surface area contributed by atoms with Crippen LogP contribution < -0.4 is 5.32 Å². The molecule has 1 N–H and O–H groups in total. The first-order valence-electron chi connectivity index (χ1n) is 2.84. The lowest BCUT2D eigenvalue weighted by Gasteiger charge is -1.99. The minimum atomic E-state index is -0.0183. The molecule has 56 valence electrons. The fourth-order valence-corrected chi connectivity index (χ4v) is 0.579. The molecule has 0 atom stereocenters. The van der Waals surface area contributed by atoms with E-state index in [1.807, 2.05) is 0 Å². The summed E-state index contributed by atoms with van der Waals surface area (Å²) in [6, 6.07) is 3.41. The molecule has 0 aliphatic carbocycles. The smallest absolute Gasteiger partial charge is 0.159 e. The summed E-state index contributed by atoms with van der Waals surface area (Å²) in [4.78, 5) is 0. The molecule has 0 aliphatic heterocycles. The van der Waals surface area contributed by atoms with E-state index >= 15 is 0 Å². The van der Waals surface area contributed by atoms with E-state index in [1.165, 1.54) is 0 Å². The van der Waals surface area contributed by atoms with E-state index < -0.39 is 0 Å². The second kappa shape index (κ2) is 5.40. The molecule has 3 nitrogen and oxygen atoms in total. The van der Waals surface area contributed by atoms with Crippen molar-refractivity contribution in [2.24, 2.45) is 0 Å². The normalized spacial score (nSPS) is 7.18. The van der Waals surface area contributed by atoms with Crippen molar-refractivity contribution in [1.82, 2.24) is 5.32 Å². The van der Waals surface area contributed by atoms with Gasteiger partial charge in [-0.2, -0.15) is 10.5 Å². The van der Waals surface area contributed by atoms with E-state index in [4.69, 9.17) is 10.5 Å². The third-order valence-corrected chi connectivity index (χ3v) is 1.26. The lowest BCUT2D eigenvalue weighted by molar-refractivity contribution is 0.966. The van der Waals surface area contributed by atoms with Crippen molar-refractivity contribution in [2.45, 2.75) is 0 Å². The van der Waals surface area contributed by atoms with Crippen LogP contribution in [0.5, 0.6) is 0 Å². The highest BCUT2D eigenvalue weighted by Crippen LogP contribution is 2.02. The molecule has 0 aromatic carbocycles. The molecule has 0 unspecified atom stereocenters. The van der Waals surface area contributed by atoms with Gasteiger partial charge >= 0.3 is 0 Å². The van der Waals surface area contributed by atoms with Gasteiger partial charge in [0.05, 0.1) is 5.03 Å². The fraction of sp³-hybridized carbons (Fsp3) is 0.143. The Hall–Kier alpha value is -1.39. The zero-order chi connectivity index (χ0) is 8.69. The highest BCUT2D eigenvalue weighted by molar-refractivity contribution is 7.84. The van der Waals surface area contributed by atoms with Crippen LogP contribution in [0.3, 0.4) is 0 Å². The molecule has 11 heavy (non-hydrogen) atoms. The van der Waals surface area contributed by atoms with Crippen molar-refractivity contribution in [1.29, 1.82) is 10.5 Å².